The molecule has 0 amide bonds. The number of hydrogen-bond donors (Lipinski definition) is 0. The second kappa shape index (κ2) is 8.09. The molecule has 0 N–H and O–H groups in total. The Balaban J connectivity index is 1.77. The fourth-order valence-corrected chi connectivity index (χ4v) is 3.23. The summed E-state index contributed by atoms with van der Waals surface area (Å²) in [5.41, 5.74) is 1.46. The largest absolute Gasteiger partial charge is 0.493 e. The van der Waals surface area contributed by atoms with Crippen molar-refractivity contribution in [3.8, 4) is 28.7 Å². The lowest BCUT2D eigenvalue weighted by Gasteiger charge is -2.12. The van der Waals surface area contributed by atoms with Crippen LogP contribution >= 0.6 is 11.3 Å². The Morgan fingerprint density at radius 2 is 1.81 bits per heavy atom. The summed E-state index contributed by atoms with van der Waals surface area (Å²) in [7, 11) is 4.56. The Hall–Kier alpha value is -3.07. The van der Waals surface area contributed by atoms with Crippen LogP contribution in [0.3, 0.4) is 0 Å². The molecule has 1 aromatic carbocycles. The molecule has 0 saturated heterocycles. The molecule has 0 aliphatic rings. The molecule has 3 rings (SSSR count). The number of hydrogen-bond acceptors (Lipinski definition) is 9. The van der Waals surface area contributed by atoms with Gasteiger partial charge >= 0.3 is 5.97 Å². The molecule has 8 nitrogen and oxygen atoms in total. The van der Waals surface area contributed by atoms with Gasteiger partial charge in [0.2, 0.25) is 11.6 Å². The minimum Gasteiger partial charge on any atom is -0.493 e. The minimum atomic E-state index is -0.421. The Bertz CT molecular complexity index is 924. The number of esters is 1. The molecule has 2 heterocycles. The predicted molar refractivity (Wildman–Crippen MR) is 97.6 cm³/mol. The molecule has 2 aromatic heterocycles. The molecule has 0 unspecified atom stereocenters. The summed E-state index contributed by atoms with van der Waals surface area (Å²) in [6.45, 7) is 1.73. The van der Waals surface area contributed by atoms with Crippen LogP contribution in [0.1, 0.15) is 21.1 Å². The first kappa shape index (κ1) is 18.7. The van der Waals surface area contributed by atoms with Crippen LogP contribution in [0.25, 0.3) is 11.5 Å². The van der Waals surface area contributed by atoms with Gasteiger partial charge in [0.05, 0.1) is 21.3 Å². The average molecular weight is 390 g/mol. The highest BCUT2D eigenvalue weighted by Crippen LogP contribution is 2.40. The Labute approximate surface area is 159 Å². The van der Waals surface area contributed by atoms with Crippen molar-refractivity contribution in [2.75, 3.05) is 21.3 Å². The van der Waals surface area contributed by atoms with Crippen LogP contribution < -0.4 is 14.2 Å². The van der Waals surface area contributed by atoms with Crippen molar-refractivity contribution >= 4 is 17.3 Å². The molecule has 0 bridgehead atoms. The van der Waals surface area contributed by atoms with Gasteiger partial charge in [0.15, 0.2) is 18.1 Å². The van der Waals surface area contributed by atoms with Crippen molar-refractivity contribution in [2.24, 2.45) is 0 Å². The van der Waals surface area contributed by atoms with Crippen molar-refractivity contribution in [2.45, 2.75) is 13.5 Å². The van der Waals surface area contributed by atoms with Crippen molar-refractivity contribution in [1.29, 1.82) is 0 Å². The number of aromatic nitrogens is 2. The number of ether oxygens (including phenoxy) is 4. The molecule has 142 valence electrons. The average Bonchev–Trinajstić information content (AvgIpc) is 3.33. The Kier molecular flexibility index (Phi) is 5.60. The van der Waals surface area contributed by atoms with Gasteiger partial charge in [-0.1, -0.05) is 0 Å². The highest BCUT2D eigenvalue weighted by atomic mass is 32.1. The zero-order chi connectivity index (χ0) is 19.4. The van der Waals surface area contributed by atoms with Crippen molar-refractivity contribution in [3.63, 3.8) is 0 Å². The minimum absolute atomic E-state index is 0.117. The summed E-state index contributed by atoms with van der Waals surface area (Å²) >= 11 is 1.33. The van der Waals surface area contributed by atoms with Gasteiger partial charge < -0.3 is 23.4 Å². The number of carbonyl (C=O) groups is 1. The van der Waals surface area contributed by atoms with Gasteiger partial charge in [-0.3, -0.25) is 0 Å². The molecule has 0 aliphatic carbocycles. The lowest BCUT2D eigenvalue weighted by molar-refractivity contribution is 0.0443. The van der Waals surface area contributed by atoms with Crippen molar-refractivity contribution in [3.05, 3.63) is 39.9 Å². The number of aryl methyl sites for hydroxylation is 1. The third-order valence-electron chi connectivity index (χ3n) is 3.75. The van der Waals surface area contributed by atoms with E-state index < -0.39 is 5.97 Å². The van der Waals surface area contributed by atoms with Gasteiger partial charge in [0.1, 0.15) is 4.88 Å². The molecular formula is C18H18N2O6S. The summed E-state index contributed by atoms with van der Waals surface area (Å²) in [5, 5.41) is 9.75. The first-order chi connectivity index (χ1) is 13.1. The summed E-state index contributed by atoms with van der Waals surface area (Å²) < 4.78 is 26.8. The summed E-state index contributed by atoms with van der Waals surface area (Å²) in [6.07, 6.45) is 0. The smallest absolute Gasteiger partial charge is 0.349 e. The van der Waals surface area contributed by atoms with E-state index in [2.05, 4.69) is 10.2 Å². The molecule has 0 spiro atoms. The maximum atomic E-state index is 12.1. The molecule has 9 heteroatoms. The van der Waals surface area contributed by atoms with E-state index in [-0.39, 0.29) is 18.4 Å². The quantitative estimate of drug-likeness (QED) is 0.566. The SMILES string of the molecule is COc1cc(-c2nnc(COC(=O)c3sccc3C)o2)cc(OC)c1OC. The molecule has 27 heavy (non-hydrogen) atoms. The molecule has 3 aromatic rings. The van der Waals surface area contributed by atoms with E-state index >= 15 is 0 Å². The fraction of sp³-hybridized carbons (Fsp3) is 0.278. The zero-order valence-corrected chi connectivity index (χ0v) is 16.1. The van der Waals surface area contributed by atoms with Gasteiger partial charge in [-0.2, -0.15) is 0 Å². The molecule has 0 aliphatic heterocycles. The molecule has 0 fully saturated rings. The number of carbonyl (C=O) groups excluding carboxylic acids is 1. The van der Waals surface area contributed by atoms with E-state index in [9.17, 15) is 4.79 Å². The lowest BCUT2D eigenvalue weighted by atomic mass is 10.2. The summed E-state index contributed by atoms with van der Waals surface area (Å²) in [6, 6.07) is 5.25. The monoisotopic (exact) mass is 390 g/mol. The van der Waals surface area contributed by atoms with Gasteiger partial charge in [0, 0.05) is 5.56 Å². The van der Waals surface area contributed by atoms with Crippen LogP contribution in [0.5, 0.6) is 17.2 Å². The van der Waals surface area contributed by atoms with E-state index in [1.807, 2.05) is 18.4 Å². The molecular weight excluding hydrogens is 372 g/mol. The van der Waals surface area contributed by atoms with Crippen molar-refractivity contribution < 1.29 is 28.2 Å². The van der Waals surface area contributed by atoms with E-state index in [1.165, 1.54) is 32.7 Å². The van der Waals surface area contributed by atoms with Crippen molar-refractivity contribution in [1.82, 2.24) is 10.2 Å². The molecule has 0 radical (unpaired) electrons. The van der Waals surface area contributed by atoms with Crippen LogP contribution in [0, 0.1) is 6.92 Å². The first-order valence-electron chi connectivity index (χ1n) is 7.91. The third-order valence-corrected chi connectivity index (χ3v) is 4.75. The van der Waals surface area contributed by atoms with Crippen LogP contribution in [0.15, 0.2) is 28.0 Å². The van der Waals surface area contributed by atoms with Gasteiger partial charge in [0.25, 0.3) is 5.89 Å². The molecule has 0 atom stereocenters. The lowest BCUT2D eigenvalue weighted by Crippen LogP contribution is -2.04. The van der Waals surface area contributed by atoms with Crippen LogP contribution in [0.2, 0.25) is 0 Å². The van der Waals surface area contributed by atoms with Gasteiger partial charge in [-0.05, 0) is 36.1 Å². The second-order valence-electron chi connectivity index (χ2n) is 5.42. The van der Waals surface area contributed by atoms with Gasteiger partial charge in [-0.15, -0.1) is 21.5 Å². The fourth-order valence-electron chi connectivity index (χ4n) is 2.41. The highest BCUT2D eigenvalue weighted by Gasteiger charge is 2.18. The first-order valence-corrected chi connectivity index (χ1v) is 8.79. The van der Waals surface area contributed by atoms with Crippen LogP contribution in [-0.2, 0) is 11.3 Å². The standard InChI is InChI=1S/C18H18N2O6S/c1-10-5-6-27-16(10)18(21)25-9-14-19-20-17(26-14)11-7-12(22-2)15(24-4)13(8-11)23-3/h5-8H,9H2,1-4H3. The maximum absolute atomic E-state index is 12.1. The zero-order valence-electron chi connectivity index (χ0n) is 15.3. The summed E-state index contributed by atoms with van der Waals surface area (Å²) in [5.74, 6) is 1.39. The highest BCUT2D eigenvalue weighted by molar-refractivity contribution is 7.12. The van der Waals surface area contributed by atoms with Crippen LogP contribution in [-0.4, -0.2) is 37.5 Å². The second-order valence-corrected chi connectivity index (χ2v) is 6.34. The number of benzene rings is 1. The maximum Gasteiger partial charge on any atom is 0.349 e. The molecule has 0 saturated carbocycles. The number of rotatable bonds is 7. The third kappa shape index (κ3) is 3.87. The topological polar surface area (TPSA) is 92.9 Å². The van der Waals surface area contributed by atoms with E-state index in [1.54, 1.807) is 12.1 Å². The Morgan fingerprint density at radius 1 is 1.11 bits per heavy atom. The van der Waals surface area contributed by atoms with E-state index in [0.29, 0.717) is 27.7 Å². The number of thiophene rings is 1. The van der Waals surface area contributed by atoms with Gasteiger partial charge in [-0.25, -0.2) is 4.79 Å². The van der Waals surface area contributed by atoms with Crippen LogP contribution in [0.4, 0.5) is 0 Å². The summed E-state index contributed by atoms with van der Waals surface area (Å²) in [4.78, 5) is 12.6. The predicted octanol–water partition coefficient (Wildman–Crippen LogP) is 3.49. The Morgan fingerprint density at radius 3 is 2.37 bits per heavy atom. The normalized spacial score (nSPS) is 10.5. The van der Waals surface area contributed by atoms with E-state index in [4.69, 9.17) is 23.4 Å². The number of nitrogens with zero attached hydrogens (tertiary/aromatic N) is 2. The van der Waals surface area contributed by atoms with E-state index in [0.717, 1.165) is 5.56 Å². The number of methoxy groups -OCH3 is 3.